The van der Waals surface area contributed by atoms with Crippen molar-refractivity contribution in [3.05, 3.63) is 35.4 Å². The normalized spacial score (nSPS) is 21.2. The summed E-state index contributed by atoms with van der Waals surface area (Å²) in [4.78, 5) is 12.7. The number of rotatable bonds is 3. The smallest absolute Gasteiger partial charge is 0.234 e. The van der Waals surface area contributed by atoms with E-state index in [9.17, 15) is 4.79 Å². The maximum atomic E-state index is 12.7. The molecule has 1 saturated carbocycles. The van der Waals surface area contributed by atoms with Gasteiger partial charge >= 0.3 is 0 Å². The molecule has 0 saturated heterocycles. The zero-order chi connectivity index (χ0) is 14.9. The first kappa shape index (κ1) is 13.9. The van der Waals surface area contributed by atoms with Crippen LogP contribution < -0.4 is 11.1 Å². The van der Waals surface area contributed by atoms with Crippen LogP contribution in [0, 0.1) is 5.41 Å². The first-order valence-corrected chi connectivity index (χ1v) is 7.51. The zero-order valence-electron chi connectivity index (χ0n) is 12.0. The Morgan fingerprint density at radius 2 is 1.81 bits per heavy atom. The van der Waals surface area contributed by atoms with Gasteiger partial charge < -0.3 is 16.3 Å². The average Bonchev–Trinajstić information content (AvgIpc) is 3.13. The van der Waals surface area contributed by atoms with E-state index in [0.717, 1.165) is 25.7 Å². The predicted molar refractivity (Wildman–Crippen MR) is 80.1 cm³/mol. The number of benzene rings is 1. The molecular formula is C16H21N3O2. The van der Waals surface area contributed by atoms with Crippen molar-refractivity contribution in [1.82, 2.24) is 5.32 Å². The number of nitrogens with two attached hydrogens (primary N) is 1. The molecule has 5 heteroatoms. The number of amidine groups is 1. The first-order chi connectivity index (χ1) is 10.2. The summed E-state index contributed by atoms with van der Waals surface area (Å²) in [5.41, 5.74) is 7.59. The summed E-state index contributed by atoms with van der Waals surface area (Å²) >= 11 is 0. The number of fused-ring (bicyclic) bond motifs is 1. The summed E-state index contributed by atoms with van der Waals surface area (Å²) in [6.07, 6.45) is 4.91. The highest BCUT2D eigenvalue weighted by molar-refractivity contribution is 6.07. The Labute approximate surface area is 124 Å². The van der Waals surface area contributed by atoms with Gasteiger partial charge in [0.25, 0.3) is 0 Å². The summed E-state index contributed by atoms with van der Waals surface area (Å²) in [5, 5.41) is 15.2. The molecule has 0 heterocycles. The van der Waals surface area contributed by atoms with Gasteiger partial charge in [0.2, 0.25) is 5.91 Å². The molecule has 1 aromatic rings. The topological polar surface area (TPSA) is 87.7 Å². The molecule has 0 unspecified atom stereocenters. The monoisotopic (exact) mass is 287 g/mol. The number of hydrogen-bond acceptors (Lipinski definition) is 3. The largest absolute Gasteiger partial charge is 0.409 e. The molecule has 5 nitrogen and oxygen atoms in total. The van der Waals surface area contributed by atoms with Gasteiger partial charge in [-0.1, -0.05) is 42.3 Å². The third kappa shape index (κ3) is 2.37. The molecule has 3 rings (SSSR count). The van der Waals surface area contributed by atoms with Crippen molar-refractivity contribution in [3.8, 4) is 0 Å². The Hall–Kier alpha value is -2.04. The van der Waals surface area contributed by atoms with E-state index in [-0.39, 0.29) is 17.8 Å². The fraction of sp³-hybridized carbons (Fsp3) is 0.500. The number of oxime groups is 1. The van der Waals surface area contributed by atoms with E-state index in [0.29, 0.717) is 12.8 Å². The first-order valence-electron chi connectivity index (χ1n) is 7.51. The number of hydrogen-bond donors (Lipinski definition) is 3. The summed E-state index contributed by atoms with van der Waals surface area (Å²) in [7, 11) is 0. The minimum atomic E-state index is -0.816. The Morgan fingerprint density at radius 3 is 2.33 bits per heavy atom. The molecule has 0 aliphatic heterocycles. The fourth-order valence-electron chi connectivity index (χ4n) is 3.66. The standard InChI is InChI=1S/C16H21N3O2/c17-14(19-21)16(7-3-4-8-16)15(20)18-13-9-11-5-1-2-6-12(11)10-13/h1-2,5-6,13,21H,3-4,7-10H2,(H2,17,19)(H,18,20). The zero-order valence-corrected chi connectivity index (χ0v) is 12.0. The Bertz CT molecular complexity index is 552. The lowest BCUT2D eigenvalue weighted by Crippen LogP contribution is -2.51. The van der Waals surface area contributed by atoms with Crippen LogP contribution >= 0.6 is 0 Å². The van der Waals surface area contributed by atoms with E-state index in [2.05, 4.69) is 22.6 Å². The molecule has 0 spiro atoms. The van der Waals surface area contributed by atoms with Crippen molar-refractivity contribution in [2.24, 2.45) is 16.3 Å². The van der Waals surface area contributed by atoms with Crippen LogP contribution in [-0.2, 0) is 17.6 Å². The van der Waals surface area contributed by atoms with Crippen molar-refractivity contribution in [2.45, 2.75) is 44.6 Å². The average molecular weight is 287 g/mol. The van der Waals surface area contributed by atoms with Gasteiger partial charge in [0, 0.05) is 6.04 Å². The van der Waals surface area contributed by atoms with Gasteiger partial charge in [0.15, 0.2) is 5.84 Å². The second kappa shape index (κ2) is 5.39. The van der Waals surface area contributed by atoms with Crippen molar-refractivity contribution >= 4 is 11.7 Å². The van der Waals surface area contributed by atoms with Crippen molar-refractivity contribution in [3.63, 3.8) is 0 Å². The second-order valence-electron chi connectivity index (χ2n) is 6.12. The highest BCUT2D eigenvalue weighted by atomic mass is 16.4. The molecule has 0 atom stereocenters. The maximum absolute atomic E-state index is 12.7. The number of carbonyl (C=O) groups is 1. The van der Waals surface area contributed by atoms with Crippen molar-refractivity contribution < 1.29 is 10.0 Å². The number of nitrogens with one attached hydrogen (secondary N) is 1. The van der Waals surface area contributed by atoms with E-state index < -0.39 is 5.41 Å². The van der Waals surface area contributed by atoms with E-state index in [1.54, 1.807) is 0 Å². The van der Waals surface area contributed by atoms with Crippen LogP contribution in [-0.4, -0.2) is 23.0 Å². The number of amides is 1. The van der Waals surface area contributed by atoms with Crippen molar-refractivity contribution in [2.75, 3.05) is 0 Å². The quantitative estimate of drug-likeness (QED) is 0.341. The van der Waals surface area contributed by atoms with Crippen LogP contribution in [0.1, 0.15) is 36.8 Å². The Balaban J connectivity index is 1.72. The lowest BCUT2D eigenvalue weighted by Gasteiger charge is -2.27. The van der Waals surface area contributed by atoms with Crippen molar-refractivity contribution in [1.29, 1.82) is 0 Å². The van der Waals surface area contributed by atoms with Gasteiger partial charge in [-0.15, -0.1) is 0 Å². The molecule has 1 aromatic carbocycles. The van der Waals surface area contributed by atoms with Crippen LogP contribution in [0.2, 0.25) is 0 Å². The Morgan fingerprint density at radius 1 is 1.24 bits per heavy atom. The third-order valence-electron chi connectivity index (χ3n) is 4.88. The molecule has 21 heavy (non-hydrogen) atoms. The van der Waals surface area contributed by atoms with Gasteiger partial charge in [0.05, 0.1) is 0 Å². The summed E-state index contributed by atoms with van der Waals surface area (Å²) in [6, 6.07) is 8.38. The molecule has 2 aliphatic carbocycles. The molecule has 112 valence electrons. The molecule has 4 N–H and O–H groups in total. The third-order valence-corrected chi connectivity index (χ3v) is 4.88. The highest BCUT2D eigenvalue weighted by Gasteiger charge is 2.46. The van der Waals surface area contributed by atoms with Gasteiger partial charge in [-0.25, -0.2) is 0 Å². The van der Waals surface area contributed by atoms with Gasteiger partial charge in [-0.3, -0.25) is 4.79 Å². The second-order valence-corrected chi connectivity index (χ2v) is 6.12. The van der Waals surface area contributed by atoms with E-state index in [4.69, 9.17) is 10.9 Å². The molecule has 2 aliphatic rings. The van der Waals surface area contributed by atoms with Crippen LogP contribution in [0.5, 0.6) is 0 Å². The predicted octanol–water partition coefficient (Wildman–Crippen LogP) is 1.58. The minimum absolute atomic E-state index is 0.0491. The van der Waals surface area contributed by atoms with Crippen LogP contribution in [0.25, 0.3) is 0 Å². The molecular weight excluding hydrogens is 266 g/mol. The molecule has 1 amide bonds. The molecule has 1 fully saturated rings. The minimum Gasteiger partial charge on any atom is -0.409 e. The fourth-order valence-corrected chi connectivity index (χ4v) is 3.66. The van der Waals surface area contributed by atoms with Crippen LogP contribution in [0.15, 0.2) is 29.4 Å². The molecule has 0 aromatic heterocycles. The van der Waals surface area contributed by atoms with Crippen LogP contribution in [0.4, 0.5) is 0 Å². The maximum Gasteiger partial charge on any atom is 0.234 e. The van der Waals surface area contributed by atoms with Gasteiger partial charge in [0.1, 0.15) is 5.41 Å². The molecule has 0 radical (unpaired) electrons. The number of carbonyl (C=O) groups excluding carboxylic acids is 1. The summed E-state index contributed by atoms with van der Waals surface area (Å²) in [5.74, 6) is -0.0406. The lowest BCUT2D eigenvalue weighted by molar-refractivity contribution is -0.128. The highest BCUT2D eigenvalue weighted by Crippen LogP contribution is 2.39. The van der Waals surface area contributed by atoms with E-state index in [1.807, 2.05) is 12.1 Å². The Kier molecular flexibility index (Phi) is 3.57. The number of nitrogens with zero attached hydrogens (tertiary/aromatic N) is 1. The van der Waals surface area contributed by atoms with E-state index in [1.165, 1.54) is 11.1 Å². The SMILES string of the molecule is N/C(=N/O)C1(C(=O)NC2Cc3ccccc3C2)CCCC1. The van der Waals surface area contributed by atoms with Gasteiger partial charge in [-0.2, -0.15) is 0 Å². The lowest BCUT2D eigenvalue weighted by atomic mass is 9.83. The molecule has 0 bridgehead atoms. The summed E-state index contributed by atoms with van der Waals surface area (Å²) in [6.45, 7) is 0. The summed E-state index contributed by atoms with van der Waals surface area (Å²) < 4.78 is 0. The van der Waals surface area contributed by atoms with Crippen LogP contribution in [0.3, 0.4) is 0 Å². The van der Waals surface area contributed by atoms with Gasteiger partial charge in [-0.05, 0) is 36.8 Å². The van der Waals surface area contributed by atoms with E-state index >= 15 is 0 Å².